The molecule has 0 spiro atoms. The van der Waals surface area contributed by atoms with E-state index in [2.05, 4.69) is 0 Å². The van der Waals surface area contributed by atoms with Gasteiger partial charge < -0.3 is 25.2 Å². The lowest BCUT2D eigenvalue weighted by molar-refractivity contribution is -0.00240. The normalized spacial score (nSPS) is 20.3. The highest BCUT2D eigenvalue weighted by atomic mass is 16.5. The van der Waals surface area contributed by atoms with Crippen LogP contribution in [0.4, 0.5) is 0 Å². The van der Waals surface area contributed by atoms with Crippen LogP contribution in [0.3, 0.4) is 0 Å². The number of aliphatic hydroxyl groups is 1. The Kier molecular flexibility index (Phi) is 3.18. The first-order chi connectivity index (χ1) is 10.4. The van der Waals surface area contributed by atoms with Crippen molar-refractivity contribution in [1.29, 1.82) is 0 Å². The molecule has 1 aliphatic rings. The van der Waals surface area contributed by atoms with Gasteiger partial charge in [-0.15, -0.1) is 0 Å². The number of rotatable bonds is 2. The Labute approximate surface area is 125 Å². The second kappa shape index (κ2) is 4.92. The van der Waals surface area contributed by atoms with Crippen LogP contribution in [0.2, 0.25) is 0 Å². The first-order valence-electron chi connectivity index (χ1n) is 6.63. The fraction of sp³-hybridized carbons (Fsp3) is 0.188. The average molecular weight is 302 g/mol. The third-order valence-corrected chi connectivity index (χ3v) is 3.62. The highest BCUT2D eigenvalue weighted by molar-refractivity contribution is 6.08. The van der Waals surface area contributed by atoms with Gasteiger partial charge in [-0.05, 0) is 17.7 Å². The summed E-state index contributed by atoms with van der Waals surface area (Å²) >= 11 is 0. The van der Waals surface area contributed by atoms with E-state index in [1.807, 2.05) is 0 Å². The zero-order chi connectivity index (χ0) is 15.9. The number of aromatic hydroxyl groups is 3. The molecule has 0 saturated carbocycles. The van der Waals surface area contributed by atoms with E-state index in [9.17, 15) is 25.2 Å². The minimum Gasteiger partial charge on any atom is -0.508 e. The molecule has 0 fully saturated rings. The minimum absolute atomic E-state index is 0.0220. The van der Waals surface area contributed by atoms with Crippen LogP contribution in [-0.4, -0.2) is 38.4 Å². The van der Waals surface area contributed by atoms with Crippen molar-refractivity contribution in [2.75, 3.05) is 6.61 Å². The number of ketones is 1. The number of Topliss-reactive ketones (excluding diaryl/α,β-unsaturated/α-hetero) is 1. The van der Waals surface area contributed by atoms with Gasteiger partial charge in [0.25, 0.3) is 0 Å². The van der Waals surface area contributed by atoms with Crippen molar-refractivity contribution in [2.24, 2.45) is 0 Å². The van der Waals surface area contributed by atoms with Crippen molar-refractivity contribution in [1.82, 2.24) is 0 Å². The maximum atomic E-state index is 12.5. The van der Waals surface area contributed by atoms with Crippen molar-refractivity contribution in [3.8, 4) is 23.0 Å². The third-order valence-electron chi connectivity index (χ3n) is 3.62. The molecule has 6 nitrogen and oxygen atoms in total. The van der Waals surface area contributed by atoms with Crippen molar-refractivity contribution in [3.05, 3.63) is 47.5 Å². The number of carbonyl (C=O) groups is 1. The molecule has 0 aliphatic carbocycles. The lowest BCUT2D eigenvalue weighted by Crippen LogP contribution is -2.49. The molecule has 0 bridgehead atoms. The van der Waals surface area contributed by atoms with Gasteiger partial charge >= 0.3 is 0 Å². The number of benzene rings is 2. The molecule has 114 valence electrons. The van der Waals surface area contributed by atoms with Gasteiger partial charge in [-0.25, -0.2) is 0 Å². The van der Waals surface area contributed by atoms with Crippen LogP contribution in [0.25, 0.3) is 0 Å². The number of ether oxygens (including phenoxy) is 1. The second-order valence-corrected chi connectivity index (χ2v) is 5.33. The molecule has 3 rings (SSSR count). The van der Waals surface area contributed by atoms with Gasteiger partial charge in [0.05, 0.1) is 0 Å². The molecule has 1 aliphatic heterocycles. The molecule has 4 N–H and O–H groups in total. The quantitative estimate of drug-likeness (QED) is 0.667. The second-order valence-electron chi connectivity index (χ2n) is 5.33. The zero-order valence-electron chi connectivity index (χ0n) is 11.5. The Bertz CT molecular complexity index is 737. The number of phenolic OH excluding ortho intramolecular Hbond substituents is 3. The van der Waals surface area contributed by atoms with Crippen molar-refractivity contribution < 1.29 is 30.0 Å². The number of carbonyl (C=O) groups excluding carboxylic acids is 1. The summed E-state index contributed by atoms with van der Waals surface area (Å²) in [6.45, 7) is -0.289. The van der Waals surface area contributed by atoms with Crippen molar-refractivity contribution in [2.45, 2.75) is 12.0 Å². The summed E-state index contributed by atoms with van der Waals surface area (Å²) in [7, 11) is 0. The highest BCUT2D eigenvalue weighted by Gasteiger charge is 2.44. The average Bonchev–Trinajstić information content (AvgIpc) is 2.45. The number of fused-ring (bicyclic) bond motifs is 1. The van der Waals surface area contributed by atoms with Crippen LogP contribution >= 0.6 is 0 Å². The fourth-order valence-corrected chi connectivity index (χ4v) is 2.51. The molecule has 2 aromatic carbocycles. The molecule has 0 amide bonds. The summed E-state index contributed by atoms with van der Waals surface area (Å²) in [6.07, 6.45) is -0.0220. The largest absolute Gasteiger partial charge is 0.508 e. The van der Waals surface area contributed by atoms with Crippen LogP contribution in [0, 0.1) is 0 Å². The van der Waals surface area contributed by atoms with E-state index >= 15 is 0 Å². The summed E-state index contributed by atoms with van der Waals surface area (Å²) < 4.78 is 5.33. The molecule has 0 aromatic heterocycles. The molecule has 0 saturated heterocycles. The molecule has 0 radical (unpaired) electrons. The maximum absolute atomic E-state index is 12.5. The Morgan fingerprint density at radius 3 is 2.41 bits per heavy atom. The van der Waals surface area contributed by atoms with E-state index in [-0.39, 0.29) is 35.8 Å². The fourth-order valence-electron chi connectivity index (χ4n) is 2.51. The molecule has 6 heteroatoms. The Hall–Kier alpha value is -2.73. The third kappa shape index (κ3) is 2.33. The zero-order valence-corrected chi connectivity index (χ0v) is 11.5. The van der Waals surface area contributed by atoms with E-state index in [1.165, 1.54) is 18.2 Å². The van der Waals surface area contributed by atoms with Crippen molar-refractivity contribution >= 4 is 5.78 Å². The summed E-state index contributed by atoms with van der Waals surface area (Å²) in [5.74, 6) is -1.21. The lowest BCUT2D eigenvalue weighted by Gasteiger charge is -2.32. The van der Waals surface area contributed by atoms with Gasteiger partial charge in [-0.3, -0.25) is 4.79 Å². The number of phenols is 3. The summed E-state index contributed by atoms with van der Waals surface area (Å²) in [5.41, 5.74) is -1.33. The SMILES string of the molecule is O=C1c2c(O)cc(O)cc2OC[C@@]1(O)Cc1ccc(O)cc1. The van der Waals surface area contributed by atoms with Gasteiger partial charge in [0.2, 0.25) is 5.78 Å². The van der Waals surface area contributed by atoms with E-state index < -0.39 is 17.1 Å². The monoisotopic (exact) mass is 302 g/mol. The molecular formula is C16H14O6. The Morgan fingerprint density at radius 2 is 1.73 bits per heavy atom. The van der Waals surface area contributed by atoms with Gasteiger partial charge in [0.1, 0.15) is 35.2 Å². The van der Waals surface area contributed by atoms with Crippen LogP contribution in [0.1, 0.15) is 15.9 Å². The molecule has 0 unspecified atom stereocenters. The van der Waals surface area contributed by atoms with E-state index in [0.717, 1.165) is 6.07 Å². The molecule has 22 heavy (non-hydrogen) atoms. The predicted molar refractivity (Wildman–Crippen MR) is 76.4 cm³/mol. The van der Waals surface area contributed by atoms with E-state index in [1.54, 1.807) is 12.1 Å². The van der Waals surface area contributed by atoms with E-state index in [0.29, 0.717) is 5.56 Å². The lowest BCUT2D eigenvalue weighted by atomic mass is 9.85. The smallest absolute Gasteiger partial charge is 0.205 e. The molecular weight excluding hydrogens is 288 g/mol. The van der Waals surface area contributed by atoms with Crippen molar-refractivity contribution in [3.63, 3.8) is 0 Å². The Morgan fingerprint density at radius 1 is 1.05 bits per heavy atom. The van der Waals surface area contributed by atoms with Gasteiger partial charge in [-0.1, -0.05) is 12.1 Å². The van der Waals surface area contributed by atoms with Gasteiger partial charge in [-0.2, -0.15) is 0 Å². The standard InChI is InChI=1S/C16H14O6/c17-10-3-1-9(2-4-10)7-16(21)8-22-13-6-11(18)5-12(19)14(13)15(16)20/h1-6,17-19,21H,7-8H2/t16-/m0/s1. The topological polar surface area (TPSA) is 107 Å². The van der Waals surface area contributed by atoms with Gasteiger partial charge in [0.15, 0.2) is 5.60 Å². The van der Waals surface area contributed by atoms with Gasteiger partial charge in [0, 0.05) is 18.6 Å². The van der Waals surface area contributed by atoms with Crippen LogP contribution in [-0.2, 0) is 6.42 Å². The summed E-state index contributed by atoms with van der Waals surface area (Å²) in [5, 5.41) is 39.1. The maximum Gasteiger partial charge on any atom is 0.205 e. The number of hydrogen-bond acceptors (Lipinski definition) is 6. The van der Waals surface area contributed by atoms with Crippen LogP contribution in [0.5, 0.6) is 23.0 Å². The molecule has 1 atom stereocenters. The first-order valence-corrected chi connectivity index (χ1v) is 6.63. The highest BCUT2D eigenvalue weighted by Crippen LogP contribution is 2.39. The van der Waals surface area contributed by atoms with Crippen LogP contribution in [0.15, 0.2) is 36.4 Å². The summed E-state index contributed by atoms with van der Waals surface area (Å²) in [6, 6.07) is 8.33. The molecule has 1 heterocycles. The predicted octanol–water partition coefficient (Wildman–Crippen LogP) is 1.35. The number of hydrogen-bond donors (Lipinski definition) is 4. The first kappa shape index (κ1) is 14.2. The molecule has 2 aromatic rings. The van der Waals surface area contributed by atoms with Crippen LogP contribution < -0.4 is 4.74 Å². The summed E-state index contributed by atoms with van der Waals surface area (Å²) in [4.78, 5) is 12.5. The Balaban J connectivity index is 1.95. The minimum atomic E-state index is -1.82. The van der Waals surface area contributed by atoms with E-state index in [4.69, 9.17) is 4.74 Å².